The Bertz CT molecular complexity index is 682. The summed E-state index contributed by atoms with van der Waals surface area (Å²) in [4.78, 5) is 28.1. The van der Waals surface area contributed by atoms with Gasteiger partial charge >= 0.3 is 0 Å². The first-order chi connectivity index (χ1) is 11.6. The van der Waals surface area contributed by atoms with Gasteiger partial charge in [-0.05, 0) is 43.0 Å². The van der Waals surface area contributed by atoms with Gasteiger partial charge in [0.2, 0.25) is 5.91 Å². The Morgan fingerprint density at radius 1 is 1.21 bits per heavy atom. The van der Waals surface area contributed by atoms with Crippen molar-refractivity contribution in [2.24, 2.45) is 5.92 Å². The Morgan fingerprint density at radius 3 is 2.67 bits per heavy atom. The van der Waals surface area contributed by atoms with E-state index in [1.807, 2.05) is 35.2 Å². The fraction of sp³-hybridized carbons (Fsp3) is 0.368. The molecule has 0 bridgehead atoms. The fourth-order valence-electron chi connectivity index (χ4n) is 3.21. The average molecular weight is 326 g/mol. The largest absolute Gasteiger partial charge is 0.459 e. The molecule has 1 aliphatic heterocycles. The summed E-state index contributed by atoms with van der Waals surface area (Å²) in [6.07, 6.45) is 3.49. The second kappa shape index (κ2) is 7.34. The topological polar surface area (TPSA) is 53.8 Å². The summed E-state index contributed by atoms with van der Waals surface area (Å²) >= 11 is 0. The van der Waals surface area contributed by atoms with E-state index in [0.717, 1.165) is 25.1 Å². The van der Waals surface area contributed by atoms with Gasteiger partial charge in [0, 0.05) is 32.2 Å². The number of carbonyl (C=O) groups is 2. The van der Waals surface area contributed by atoms with Crippen molar-refractivity contribution >= 4 is 17.5 Å². The summed E-state index contributed by atoms with van der Waals surface area (Å²) < 4.78 is 5.29. The van der Waals surface area contributed by atoms with Crippen LogP contribution in [0.3, 0.4) is 0 Å². The minimum Gasteiger partial charge on any atom is -0.459 e. The van der Waals surface area contributed by atoms with Crippen molar-refractivity contribution in [3.63, 3.8) is 0 Å². The lowest BCUT2D eigenvalue weighted by molar-refractivity contribution is -0.130. The third kappa shape index (κ3) is 3.67. The lowest BCUT2D eigenvalue weighted by atomic mass is 9.97. The lowest BCUT2D eigenvalue weighted by Gasteiger charge is -2.35. The maximum absolute atomic E-state index is 12.8. The summed E-state index contributed by atoms with van der Waals surface area (Å²) in [6, 6.07) is 13.0. The van der Waals surface area contributed by atoms with Crippen LogP contribution in [0.2, 0.25) is 0 Å². The number of para-hydroxylation sites is 1. The van der Waals surface area contributed by atoms with Crippen molar-refractivity contribution in [1.29, 1.82) is 0 Å². The Morgan fingerprint density at radius 2 is 2.00 bits per heavy atom. The molecule has 2 heterocycles. The van der Waals surface area contributed by atoms with Gasteiger partial charge in [0.25, 0.3) is 5.91 Å². The second-order valence-corrected chi connectivity index (χ2v) is 6.20. The van der Waals surface area contributed by atoms with E-state index in [1.54, 1.807) is 24.0 Å². The SMILES string of the molecule is CC(=O)N1CCCC(CN(C(=O)c2ccco2)c2ccccc2)C1. The van der Waals surface area contributed by atoms with E-state index < -0.39 is 0 Å². The van der Waals surface area contributed by atoms with Crippen LogP contribution < -0.4 is 4.90 Å². The number of nitrogens with zero attached hydrogens (tertiary/aromatic N) is 2. The predicted molar refractivity (Wildman–Crippen MR) is 91.8 cm³/mol. The summed E-state index contributed by atoms with van der Waals surface area (Å²) in [5, 5.41) is 0. The first kappa shape index (κ1) is 16.3. The fourth-order valence-corrected chi connectivity index (χ4v) is 3.21. The molecule has 1 aromatic heterocycles. The van der Waals surface area contributed by atoms with Crippen LogP contribution in [-0.2, 0) is 4.79 Å². The van der Waals surface area contributed by atoms with Gasteiger partial charge in [0.15, 0.2) is 5.76 Å². The van der Waals surface area contributed by atoms with Crippen LogP contribution in [0.15, 0.2) is 53.1 Å². The molecule has 5 nitrogen and oxygen atoms in total. The van der Waals surface area contributed by atoms with E-state index in [4.69, 9.17) is 4.42 Å². The van der Waals surface area contributed by atoms with Gasteiger partial charge in [-0.3, -0.25) is 9.59 Å². The summed E-state index contributed by atoms with van der Waals surface area (Å²) in [5.74, 6) is 0.550. The van der Waals surface area contributed by atoms with Crippen molar-refractivity contribution in [2.75, 3.05) is 24.5 Å². The van der Waals surface area contributed by atoms with Crippen molar-refractivity contribution in [3.8, 4) is 0 Å². The number of anilines is 1. The number of piperidine rings is 1. The number of carbonyl (C=O) groups excluding carboxylic acids is 2. The van der Waals surface area contributed by atoms with E-state index in [2.05, 4.69) is 0 Å². The number of hydrogen-bond donors (Lipinski definition) is 0. The molecule has 1 atom stereocenters. The van der Waals surface area contributed by atoms with Gasteiger partial charge in [-0.2, -0.15) is 0 Å². The quantitative estimate of drug-likeness (QED) is 0.867. The van der Waals surface area contributed by atoms with Crippen LogP contribution in [0.5, 0.6) is 0 Å². The van der Waals surface area contributed by atoms with Crippen molar-refractivity contribution in [2.45, 2.75) is 19.8 Å². The van der Waals surface area contributed by atoms with Gasteiger partial charge in [0.1, 0.15) is 0 Å². The van der Waals surface area contributed by atoms with Gasteiger partial charge in [-0.25, -0.2) is 0 Å². The van der Waals surface area contributed by atoms with Crippen molar-refractivity contribution < 1.29 is 14.0 Å². The summed E-state index contributed by atoms with van der Waals surface area (Å²) in [7, 11) is 0. The van der Waals surface area contributed by atoms with Crippen molar-refractivity contribution in [3.05, 3.63) is 54.5 Å². The van der Waals surface area contributed by atoms with Crippen LogP contribution in [0, 0.1) is 5.92 Å². The molecular weight excluding hydrogens is 304 g/mol. The average Bonchev–Trinajstić information content (AvgIpc) is 3.15. The van der Waals surface area contributed by atoms with Crippen LogP contribution in [0.4, 0.5) is 5.69 Å². The van der Waals surface area contributed by atoms with E-state index in [9.17, 15) is 9.59 Å². The molecule has 1 aliphatic rings. The molecule has 0 aliphatic carbocycles. The van der Waals surface area contributed by atoms with Gasteiger partial charge in [0.05, 0.1) is 6.26 Å². The lowest BCUT2D eigenvalue weighted by Crippen LogP contribution is -2.44. The zero-order valence-corrected chi connectivity index (χ0v) is 13.9. The van der Waals surface area contributed by atoms with Crippen LogP contribution >= 0.6 is 0 Å². The highest BCUT2D eigenvalue weighted by molar-refractivity contribution is 6.04. The zero-order chi connectivity index (χ0) is 16.9. The monoisotopic (exact) mass is 326 g/mol. The Labute approximate surface area is 141 Å². The number of amides is 2. The molecule has 1 aromatic carbocycles. The van der Waals surface area contributed by atoms with Crippen LogP contribution in [0.1, 0.15) is 30.3 Å². The third-order valence-corrected chi connectivity index (χ3v) is 4.45. The van der Waals surface area contributed by atoms with E-state index in [-0.39, 0.29) is 17.7 Å². The van der Waals surface area contributed by atoms with E-state index >= 15 is 0 Å². The number of rotatable bonds is 4. The highest BCUT2D eigenvalue weighted by Gasteiger charge is 2.27. The van der Waals surface area contributed by atoms with Gasteiger partial charge in [-0.15, -0.1) is 0 Å². The molecule has 1 fully saturated rings. The van der Waals surface area contributed by atoms with E-state index in [1.165, 1.54) is 6.26 Å². The molecule has 2 aromatic rings. The number of hydrogen-bond acceptors (Lipinski definition) is 3. The molecule has 3 rings (SSSR count). The molecule has 1 unspecified atom stereocenters. The molecule has 5 heteroatoms. The number of benzene rings is 1. The van der Waals surface area contributed by atoms with E-state index in [0.29, 0.717) is 18.8 Å². The number of furan rings is 1. The number of likely N-dealkylation sites (tertiary alicyclic amines) is 1. The first-order valence-corrected chi connectivity index (χ1v) is 8.31. The second-order valence-electron chi connectivity index (χ2n) is 6.20. The first-order valence-electron chi connectivity index (χ1n) is 8.31. The zero-order valence-electron chi connectivity index (χ0n) is 13.9. The Balaban J connectivity index is 1.80. The summed E-state index contributed by atoms with van der Waals surface area (Å²) in [6.45, 7) is 3.69. The highest BCUT2D eigenvalue weighted by atomic mass is 16.3. The van der Waals surface area contributed by atoms with Crippen LogP contribution in [0.25, 0.3) is 0 Å². The van der Waals surface area contributed by atoms with Crippen LogP contribution in [-0.4, -0.2) is 36.3 Å². The molecule has 126 valence electrons. The van der Waals surface area contributed by atoms with Gasteiger partial charge in [-0.1, -0.05) is 18.2 Å². The smallest absolute Gasteiger partial charge is 0.293 e. The maximum Gasteiger partial charge on any atom is 0.293 e. The normalized spacial score (nSPS) is 17.5. The molecule has 0 saturated carbocycles. The maximum atomic E-state index is 12.8. The molecule has 0 N–H and O–H groups in total. The molecule has 0 radical (unpaired) electrons. The molecule has 0 spiro atoms. The molecule has 24 heavy (non-hydrogen) atoms. The predicted octanol–water partition coefficient (Wildman–Crippen LogP) is 3.18. The third-order valence-electron chi connectivity index (χ3n) is 4.45. The van der Waals surface area contributed by atoms with Crippen molar-refractivity contribution in [1.82, 2.24) is 4.90 Å². The summed E-state index contributed by atoms with van der Waals surface area (Å²) in [5.41, 5.74) is 0.846. The highest BCUT2D eigenvalue weighted by Crippen LogP contribution is 2.23. The molecule has 1 saturated heterocycles. The Hall–Kier alpha value is -2.56. The molecule has 2 amide bonds. The standard InChI is InChI=1S/C19H22N2O3/c1-15(22)20-11-5-7-16(13-20)14-21(17-8-3-2-4-9-17)19(23)18-10-6-12-24-18/h2-4,6,8-10,12,16H,5,7,11,13-14H2,1H3. The molecular formula is C19H22N2O3. The Kier molecular flexibility index (Phi) is 4.99. The van der Waals surface area contributed by atoms with Gasteiger partial charge < -0.3 is 14.2 Å². The minimum atomic E-state index is -0.147. The minimum absolute atomic E-state index is 0.100.